The molecule has 1 saturated carbocycles. The molecule has 2 rings (SSSR count). The highest BCUT2D eigenvalue weighted by atomic mass is 16.5. The Balaban J connectivity index is 1.86. The minimum atomic E-state index is -0.201. The number of carbonyl (C=O) groups is 1. The van der Waals surface area contributed by atoms with Gasteiger partial charge in [0, 0.05) is 13.2 Å². The van der Waals surface area contributed by atoms with Crippen molar-refractivity contribution >= 4 is 5.91 Å². The first-order valence-corrected chi connectivity index (χ1v) is 7.13. The summed E-state index contributed by atoms with van der Waals surface area (Å²) in [4.78, 5) is 14.3. The average Bonchev–Trinajstić information content (AvgIpc) is 3.00. The van der Waals surface area contributed by atoms with Crippen LogP contribution in [0.3, 0.4) is 0 Å². The molecule has 104 valence electrons. The van der Waals surface area contributed by atoms with Crippen molar-refractivity contribution in [3.63, 3.8) is 0 Å². The van der Waals surface area contributed by atoms with Gasteiger partial charge in [-0.05, 0) is 24.7 Å². The molecule has 0 aromatic carbocycles. The summed E-state index contributed by atoms with van der Waals surface area (Å²) in [6.45, 7) is 10.7. The van der Waals surface area contributed by atoms with E-state index in [4.69, 9.17) is 4.74 Å². The molecule has 1 atom stereocenters. The van der Waals surface area contributed by atoms with Gasteiger partial charge in [0.1, 0.15) is 0 Å². The van der Waals surface area contributed by atoms with Crippen molar-refractivity contribution in [1.29, 1.82) is 0 Å². The maximum atomic E-state index is 12.3. The largest absolute Gasteiger partial charge is 0.379 e. The van der Waals surface area contributed by atoms with Crippen molar-refractivity contribution < 1.29 is 9.53 Å². The van der Waals surface area contributed by atoms with E-state index in [0.29, 0.717) is 25.0 Å². The van der Waals surface area contributed by atoms with E-state index in [-0.39, 0.29) is 17.6 Å². The van der Waals surface area contributed by atoms with Gasteiger partial charge in [0.25, 0.3) is 0 Å². The summed E-state index contributed by atoms with van der Waals surface area (Å²) >= 11 is 0. The lowest BCUT2D eigenvalue weighted by Gasteiger charge is -2.27. The van der Waals surface area contributed by atoms with Crippen molar-refractivity contribution in [2.24, 2.45) is 11.8 Å². The number of rotatable bonds is 6. The van der Waals surface area contributed by atoms with E-state index in [1.54, 1.807) is 0 Å². The third kappa shape index (κ3) is 2.69. The Bertz CT molecular complexity index is 311. The number of carbonyl (C=O) groups excluding carboxylic acids is 1. The molecule has 2 fully saturated rings. The molecule has 0 aromatic rings. The zero-order chi connectivity index (χ0) is 13.3. The van der Waals surface area contributed by atoms with Crippen LogP contribution < -0.4 is 5.32 Å². The molecule has 4 nitrogen and oxygen atoms in total. The van der Waals surface area contributed by atoms with E-state index in [2.05, 4.69) is 33.0 Å². The first-order chi connectivity index (χ1) is 8.46. The van der Waals surface area contributed by atoms with Crippen LogP contribution in [0, 0.1) is 11.8 Å². The van der Waals surface area contributed by atoms with Gasteiger partial charge in [-0.25, -0.2) is 0 Å². The first-order valence-electron chi connectivity index (χ1n) is 7.13. The number of hydrogen-bond donors (Lipinski definition) is 1. The molecule has 1 saturated heterocycles. The summed E-state index contributed by atoms with van der Waals surface area (Å²) in [6.07, 6.45) is 2.18. The molecule has 4 heteroatoms. The lowest BCUT2D eigenvalue weighted by molar-refractivity contribution is -0.132. The highest BCUT2D eigenvalue weighted by Crippen LogP contribution is 2.43. The van der Waals surface area contributed by atoms with Crippen LogP contribution in [0.4, 0.5) is 0 Å². The van der Waals surface area contributed by atoms with Gasteiger partial charge in [-0.15, -0.1) is 0 Å². The molecule has 0 radical (unpaired) electrons. The Morgan fingerprint density at radius 3 is 2.56 bits per heavy atom. The lowest BCUT2D eigenvalue weighted by Crippen LogP contribution is -2.43. The van der Waals surface area contributed by atoms with Crippen molar-refractivity contribution in [1.82, 2.24) is 10.2 Å². The molecule has 1 N–H and O–H groups in total. The first kappa shape index (κ1) is 13.8. The molecule has 1 aliphatic carbocycles. The van der Waals surface area contributed by atoms with Crippen LogP contribution in [-0.2, 0) is 9.53 Å². The Morgan fingerprint density at radius 1 is 1.39 bits per heavy atom. The van der Waals surface area contributed by atoms with Gasteiger partial charge in [-0.3, -0.25) is 10.1 Å². The fraction of sp³-hybridized carbons (Fsp3) is 0.929. The Kier molecular flexibility index (Phi) is 3.97. The number of amides is 1. The smallest absolute Gasteiger partial charge is 0.244 e. The maximum Gasteiger partial charge on any atom is 0.244 e. The van der Waals surface area contributed by atoms with Crippen LogP contribution in [0.2, 0.25) is 0 Å². The second kappa shape index (κ2) is 5.17. The highest BCUT2D eigenvalue weighted by Gasteiger charge is 2.59. The predicted molar refractivity (Wildman–Crippen MR) is 71.1 cm³/mol. The van der Waals surface area contributed by atoms with Gasteiger partial charge >= 0.3 is 0 Å². The Hall–Kier alpha value is -0.610. The lowest BCUT2D eigenvalue weighted by atomic mass is 10.1. The number of nitrogens with zero attached hydrogens (tertiary/aromatic N) is 1. The molecule has 2 aliphatic rings. The van der Waals surface area contributed by atoms with E-state index in [9.17, 15) is 4.79 Å². The predicted octanol–water partition coefficient (Wildman–Crippen LogP) is 1.61. The maximum absolute atomic E-state index is 12.3. The standard InChI is InChI=1S/C14H26N2O2/c1-10(2)9-18-8-7-16-12(11(3)4)15-14(5-6-14)13(16)17/h10-12,15H,5-9H2,1-4H3. The van der Waals surface area contributed by atoms with Crippen LogP contribution >= 0.6 is 0 Å². The average molecular weight is 254 g/mol. The van der Waals surface area contributed by atoms with Crippen LogP contribution in [0.5, 0.6) is 0 Å². The quantitative estimate of drug-likeness (QED) is 0.732. The van der Waals surface area contributed by atoms with Gasteiger partial charge in [-0.1, -0.05) is 27.7 Å². The summed E-state index contributed by atoms with van der Waals surface area (Å²) in [7, 11) is 0. The zero-order valence-electron chi connectivity index (χ0n) is 12.0. The molecule has 1 amide bonds. The molecule has 1 spiro atoms. The number of nitrogens with one attached hydrogen (secondary N) is 1. The third-order valence-corrected chi connectivity index (χ3v) is 3.74. The molecular weight excluding hydrogens is 228 g/mol. The Morgan fingerprint density at radius 2 is 2.06 bits per heavy atom. The second-order valence-corrected chi connectivity index (χ2v) is 6.38. The molecular formula is C14H26N2O2. The van der Waals surface area contributed by atoms with E-state index in [1.807, 2.05) is 4.90 Å². The molecule has 0 aromatic heterocycles. The fourth-order valence-electron chi connectivity index (χ4n) is 2.56. The van der Waals surface area contributed by atoms with E-state index in [0.717, 1.165) is 19.4 Å². The molecule has 0 bridgehead atoms. The summed E-state index contributed by atoms with van der Waals surface area (Å²) in [6, 6.07) is 0. The van der Waals surface area contributed by atoms with Gasteiger partial charge in [0.15, 0.2) is 0 Å². The van der Waals surface area contributed by atoms with E-state index >= 15 is 0 Å². The van der Waals surface area contributed by atoms with Crippen LogP contribution in [0.1, 0.15) is 40.5 Å². The van der Waals surface area contributed by atoms with Crippen molar-refractivity contribution in [2.75, 3.05) is 19.8 Å². The number of hydrogen-bond acceptors (Lipinski definition) is 3. The normalized spacial score (nSPS) is 25.8. The fourth-order valence-corrected chi connectivity index (χ4v) is 2.56. The summed E-state index contributed by atoms with van der Waals surface area (Å²) < 4.78 is 5.60. The minimum Gasteiger partial charge on any atom is -0.379 e. The Labute approximate surface area is 110 Å². The van der Waals surface area contributed by atoms with Gasteiger partial charge in [-0.2, -0.15) is 0 Å². The van der Waals surface area contributed by atoms with Crippen molar-refractivity contribution in [3.05, 3.63) is 0 Å². The molecule has 1 aliphatic heterocycles. The third-order valence-electron chi connectivity index (χ3n) is 3.74. The van der Waals surface area contributed by atoms with Crippen molar-refractivity contribution in [3.8, 4) is 0 Å². The van der Waals surface area contributed by atoms with Gasteiger partial charge < -0.3 is 9.64 Å². The number of ether oxygens (including phenoxy) is 1. The van der Waals surface area contributed by atoms with Crippen LogP contribution in [-0.4, -0.2) is 42.3 Å². The highest BCUT2D eigenvalue weighted by molar-refractivity contribution is 5.91. The van der Waals surface area contributed by atoms with E-state index < -0.39 is 0 Å². The summed E-state index contributed by atoms with van der Waals surface area (Å²) in [5.74, 6) is 1.28. The topological polar surface area (TPSA) is 41.6 Å². The molecule has 18 heavy (non-hydrogen) atoms. The van der Waals surface area contributed by atoms with Crippen LogP contribution in [0.25, 0.3) is 0 Å². The van der Waals surface area contributed by atoms with E-state index in [1.165, 1.54) is 0 Å². The zero-order valence-corrected chi connectivity index (χ0v) is 12.0. The summed E-state index contributed by atoms with van der Waals surface area (Å²) in [5, 5.41) is 3.51. The second-order valence-electron chi connectivity index (χ2n) is 6.38. The van der Waals surface area contributed by atoms with Gasteiger partial charge in [0.05, 0.1) is 18.3 Å². The minimum absolute atomic E-state index is 0.183. The van der Waals surface area contributed by atoms with Crippen LogP contribution in [0.15, 0.2) is 0 Å². The molecule has 1 heterocycles. The summed E-state index contributed by atoms with van der Waals surface area (Å²) in [5.41, 5.74) is -0.201. The monoisotopic (exact) mass is 254 g/mol. The molecule has 1 unspecified atom stereocenters. The van der Waals surface area contributed by atoms with Gasteiger partial charge in [0.2, 0.25) is 5.91 Å². The SMILES string of the molecule is CC(C)COCCN1C(=O)C2(CC2)NC1C(C)C. The van der Waals surface area contributed by atoms with Crippen molar-refractivity contribution in [2.45, 2.75) is 52.2 Å².